The second-order valence-corrected chi connectivity index (χ2v) is 4.12. The number of hydrogen-bond donors (Lipinski definition) is 0. The zero-order valence-corrected chi connectivity index (χ0v) is 9.80. The van der Waals surface area contributed by atoms with Gasteiger partial charge in [0.05, 0.1) is 0 Å². The molecule has 0 aliphatic rings. The molecule has 0 spiro atoms. The molecule has 1 heteroatoms. The fourth-order valence-electron chi connectivity index (χ4n) is 1.88. The van der Waals surface area contributed by atoms with Gasteiger partial charge >= 0.3 is 0 Å². The van der Waals surface area contributed by atoms with Crippen molar-refractivity contribution in [2.75, 3.05) is 0 Å². The second kappa shape index (κ2) is 6.00. The van der Waals surface area contributed by atoms with Crippen LogP contribution in [0.3, 0.4) is 0 Å². The predicted octanol–water partition coefficient (Wildman–Crippen LogP) is 3.88. The molecule has 0 aromatic heterocycles. The van der Waals surface area contributed by atoms with Gasteiger partial charge in [-0.05, 0) is 29.5 Å². The van der Waals surface area contributed by atoms with Crippen molar-refractivity contribution in [3.63, 3.8) is 0 Å². The van der Waals surface area contributed by atoms with Crippen molar-refractivity contribution in [2.45, 2.75) is 19.3 Å². The minimum atomic E-state index is 0.653. The Bertz CT molecular complexity index is 457. The molecule has 0 aliphatic carbocycles. The third-order valence-electron chi connectivity index (χ3n) is 2.85. The molecule has 0 atom stereocenters. The first-order valence-corrected chi connectivity index (χ1v) is 5.98. The molecule has 0 unspecified atom stereocenters. The summed E-state index contributed by atoms with van der Waals surface area (Å²) < 4.78 is 0. The van der Waals surface area contributed by atoms with E-state index in [0.29, 0.717) is 6.42 Å². The van der Waals surface area contributed by atoms with Crippen LogP contribution in [0.4, 0.5) is 0 Å². The lowest BCUT2D eigenvalue weighted by Crippen LogP contribution is -1.86. The highest BCUT2D eigenvalue weighted by atomic mass is 16.1. The Balaban J connectivity index is 2.05. The second-order valence-electron chi connectivity index (χ2n) is 4.12. The van der Waals surface area contributed by atoms with Gasteiger partial charge in [-0.15, -0.1) is 0 Å². The van der Waals surface area contributed by atoms with E-state index in [2.05, 4.69) is 36.4 Å². The van der Waals surface area contributed by atoms with Gasteiger partial charge in [0, 0.05) is 6.42 Å². The zero-order chi connectivity index (χ0) is 11.9. The Morgan fingerprint density at radius 2 is 1.47 bits per heavy atom. The molecule has 0 aliphatic heterocycles. The molecule has 0 saturated heterocycles. The van der Waals surface area contributed by atoms with E-state index in [4.69, 9.17) is 0 Å². The molecule has 17 heavy (non-hydrogen) atoms. The maximum atomic E-state index is 10.2. The molecule has 2 aromatic carbocycles. The summed E-state index contributed by atoms with van der Waals surface area (Å²) in [7, 11) is 0. The summed E-state index contributed by atoms with van der Waals surface area (Å²) in [6.45, 7) is 0. The number of carbonyl (C=O) groups excluding carboxylic acids is 1. The van der Waals surface area contributed by atoms with Crippen LogP contribution < -0.4 is 0 Å². The molecule has 0 bridgehead atoms. The minimum Gasteiger partial charge on any atom is -0.303 e. The maximum Gasteiger partial charge on any atom is 0.120 e. The van der Waals surface area contributed by atoms with E-state index in [0.717, 1.165) is 19.1 Å². The molecule has 0 radical (unpaired) electrons. The number of carbonyl (C=O) groups is 1. The van der Waals surface area contributed by atoms with Crippen LogP contribution in [-0.4, -0.2) is 6.29 Å². The predicted molar refractivity (Wildman–Crippen MR) is 70.9 cm³/mol. The van der Waals surface area contributed by atoms with Gasteiger partial charge in [0.2, 0.25) is 0 Å². The van der Waals surface area contributed by atoms with E-state index in [1.54, 1.807) is 0 Å². The number of benzene rings is 2. The SMILES string of the molecule is O=CCCCc1ccc(-c2ccccc2)cc1. The third-order valence-corrected chi connectivity index (χ3v) is 2.85. The highest BCUT2D eigenvalue weighted by molar-refractivity contribution is 5.63. The van der Waals surface area contributed by atoms with Gasteiger partial charge in [-0.2, -0.15) is 0 Å². The number of aldehydes is 1. The van der Waals surface area contributed by atoms with E-state index in [9.17, 15) is 4.79 Å². The number of unbranched alkanes of at least 4 members (excludes halogenated alkanes) is 1. The molecular weight excluding hydrogens is 208 g/mol. The van der Waals surface area contributed by atoms with Crippen molar-refractivity contribution >= 4 is 6.29 Å². The summed E-state index contributed by atoms with van der Waals surface area (Å²) in [5.41, 5.74) is 3.78. The van der Waals surface area contributed by atoms with Crippen LogP contribution in [0.15, 0.2) is 54.6 Å². The first-order valence-electron chi connectivity index (χ1n) is 5.98. The Morgan fingerprint density at radius 3 is 2.12 bits per heavy atom. The van der Waals surface area contributed by atoms with Crippen LogP contribution in [-0.2, 0) is 11.2 Å². The molecule has 0 heterocycles. The fraction of sp³-hybridized carbons (Fsp3) is 0.188. The summed E-state index contributed by atoms with van der Waals surface area (Å²) in [6.07, 6.45) is 3.56. The van der Waals surface area contributed by atoms with E-state index in [1.165, 1.54) is 16.7 Å². The van der Waals surface area contributed by atoms with Crippen molar-refractivity contribution in [2.24, 2.45) is 0 Å². The standard InChI is InChI=1S/C16H16O/c17-13-5-4-6-14-9-11-16(12-10-14)15-7-2-1-3-8-15/h1-3,7-13H,4-6H2. The van der Waals surface area contributed by atoms with Gasteiger partial charge in [0.1, 0.15) is 6.29 Å². The first-order chi connectivity index (χ1) is 8.40. The molecule has 0 saturated carbocycles. The van der Waals surface area contributed by atoms with Crippen LogP contribution in [0.1, 0.15) is 18.4 Å². The van der Waals surface area contributed by atoms with Gasteiger partial charge in [-0.1, -0.05) is 54.6 Å². The van der Waals surface area contributed by atoms with Gasteiger partial charge in [-0.25, -0.2) is 0 Å². The Labute approximate surface area is 102 Å². The van der Waals surface area contributed by atoms with Crippen molar-refractivity contribution in [1.82, 2.24) is 0 Å². The monoisotopic (exact) mass is 224 g/mol. The lowest BCUT2D eigenvalue weighted by molar-refractivity contribution is -0.107. The summed E-state index contributed by atoms with van der Waals surface area (Å²) in [5, 5.41) is 0. The van der Waals surface area contributed by atoms with Crippen LogP contribution in [0.2, 0.25) is 0 Å². The number of aryl methyl sites for hydroxylation is 1. The van der Waals surface area contributed by atoms with Gasteiger partial charge in [0.25, 0.3) is 0 Å². The molecule has 0 fully saturated rings. The van der Waals surface area contributed by atoms with Gasteiger partial charge in [0.15, 0.2) is 0 Å². The van der Waals surface area contributed by atoms with Crippen molar-refractivity contribution in [3.8, 4) is 11.1 Å². The van der Waals surface area contributed by atoms with E-state index in [-0.39, 0.29) is 0 Å². The highest BCUT2D eigenvalue weighted by Gasteiger charge is 1.97. The topological polar surface area (TPSA) is 17.1 Å². The zero-order valence-electron chi connectivity index (χ0n) is 9.80. The minimum absolute atomic E-state index is 0.653. The van der Waals surface area contributed by atoms with E-state index in [1.807, 2.05) is 18.2 Å². The maximum absolute atomic E-state index is 10.2. The van der Waals surface area contributed by atoms with Crippen molar-refractivity contribution in [3.05, 3.63) is 60.2 Å². The molecule has 2 rings (SSSR count). The third kappa shape index (κ3) is 3.28. The average Bonchev–Trinajstić information content (AvgIpc) is 2.41. The lowest BCUT2D eigenvalue weighted by Gasteiger charge is -2.03. The molecule has 0 amide bonds. The smallest absolute Gasteiger partial charge is 0.120 e. The van der Waals surface area contributed by atoms with Crippen LogP contribution >= 0.6 is 0 Å². The lowest BCUT2D eigenvalue weighted by atomic mass is 10.0. The Morgan fingerprint density at radius 1 is 0.824 bits per heavy atom. The van der Waals surface area contributed by atoms with Crippen LogP contribution in [0.25, 0.3) is 11.1 Å². The summed E-state index contributed by atoms with van der Waals surface area (Å²) >= 11 is 0. The van der Waals surface area contributed by atoms with Crippen LogP contribution in [0, 0.1) is 0 Å². The molecule has 0 N–H and O–H groups in total. The Kier molecular flexibility index (Phi) is 4.09. The first kappa shape index (κ1) is 11.6. The molecule has 86 valence electrons. The summed E-state index contributed by atoms with van der Waals surface area (Å²) in [4.78, 5) is 10.2. The molecular formula is C16H16O. The molecule has 1 nitrogen and oxygen atoms in total. The fourth-order valence-corrected chi connectivity index (χ4v) is 1.88. The quantitative estimate of drug-likeness (QED) is 0.556. The normalized spacial score (nSPS) is 10.1. The number of rotatable bonds is 5. The van der Waals surface area contributed by atoms with Gasteiger partial charge < -0.3 is 4.79 Å². The van der Waals surface area contributed by atoms with E-state index < -0.39 is 0 Å². The van der Waals surface area contributed by atoms with Crippen molar-refractivity contribution in [1.29, 1.82) is 0 Å². The van der Waals surface area contributed by atoms with Crippen molar-refractivity contribution < 1.29 is 4.79 Å². The van der Waals surface area contributed by atoms with Gasteiger partial charge in [-0.3, -0.25) is 0 Å². The van der Waals surface area contributed by atoms with E-state index >= 15 is 0 Å². The largest absolute Gasteiger partial charge is 0.303 e. The summed E-state index contributed by atoms with van der Waals surface area (Å²) in [6, 6.07) is 18.9. The van der Waals surface area contributed by atoms with Crippen LogP contribution in [0.5, 0.6) is 0 Å². The highest BCUT2D eigenvalue weighted by Crippen LogP contribution is 2.19. The average molecular weight is 224 g/mol. The summed E-state index contributed by atoms with van der Waals surface area (Å²) in [5.74, 6) is 0. The number of hydrogen-bond acceptors (Lipinski definition) is 1. The molecule has 2 aromatic rings. The Hall–Kier alpha value is -1.89.